The summed E-state index contributed by atoms with van der Waals surface area (Å²) in [5.41, 5.74) is -0.585. The second-order valence-electron chi connectivity index (χ2n) is 6.42. The quantitative estimate of drug-likeness (QED) is 0.694. The molecule has 4 nitrogen and oxygen atoms in total. The number of nitrogens with one attached hydrogen (secondary N) is 1. The molecule has 2 amide bonds. The zero-order valence-corrected chi connectivity index (χ0v) is 12.9. The van der Waals surface area contributed by atoms with Gasteiger partial charge in [-0.25, -0.2) is 0 Å². The predicted octanol–water partition coefficient (Wildman–Crippen LogP) is 2.47. The highest BCUT2D eigenvalue weighted by atomic mass is 16.2. The van der Waals surface area contributed by atoms with Crippen LogP contribution in [0.1, 0.15) is 65.2 Å². The van der Waals surface area contributed by atoms with Crippen LogP contribution >= 0.6 is 0 Å². The van der Waals surface area contributed by atoms with E-state index >= 15 is 0 Å². The maximum atomic E-state index is 12.2. The van der Waals surface area contributed by atoms with E-state index in [9.17, 15) is 9.59 Å². The fourth-order valence-corrected chi connectivity index (χ4v) is 3.27. The van der Waals surface area contributed by atoms with E-state index < -0.39 is 5.54 Å². The van der Waals surface area contributed by atoms with Gasteiger partial charge in [0.25, 0.3) is 0 Å². The molecule has 1 aliphatic heterocycles. The van der Waals surface area contributed by atoms with Crippen LogP contribution in [0.3, 0.4) is 0 Å². The molecule has 1 heterocycles. The molecule has 1 aliphatic carbocycles. The Hall–Kier alpha value is -1.06. The van der Waals surface area contributed by atoms with Crippen molar-refractivity contribution in [2.24, 2.45) is 5.92 Å². The molecule has 2 aliphatic rings. The molecule has 1 atom stereocenters. The number of hydrogen-bond acceptors (Lipinski definition) is 2. The number of piperazine rings is 1. The summed E-state index contributed by atoms with van der Waals surface area (Å²) in [6.45, 7) is 5.09. The molecule has 0 aromatic carbocycles. The van der Waals surface area contributed by atoms with Gasteiger partial charge in [0, 0.05) is 6.54 Å². The van der Waals surface area contributed by atoms with Crippen LogP contribution < -0.4 is 5.32 Å². The standard InChI is InChI=1S/C16H28N2O2/c1-3-4-5-6-7-8-11-18-14(19)12-17-15(20)16(18,2)13-9-10-13/h13H,3-12H2,1-2H3,(H,17,20). The Morgan fingerprint density at radius 3 is 2.45 bits per heavy atom. The first kappa shape index (κ1) is 15.3. The van der Waals surface area contributed by atoms with Gasteiger partial charge in [-0.2, -0.15) is 0 Å². The SMILES string of the molecule is CCCCCCCCN1C(=O)CNC(=O)C1(C)C1CC1. The third-order valence-electron chi connectivity index (χ3n) is 4.83. The van der Waals surface area contributed by atoms with Crippen molar-refractivity contribution >= 4 is 11.8 Å². The van der Waals surface area contributed by atoms with E-state index in [2.05, 4.69) is 12.2 Å². The van der Waals surface area contributed by atoms with E-state index in [1.165, 1.54) is 25.7 Å². The maximum Gasteiger partial charge on any atom is 0.246 e. The van der Waals surface area contributed by atoms with Crippen LogP contribution in [0.5, 0.6) is 0 Å². The minimum absolute atomic E-state index is 0.0468. The number of nitrogens with zero attached hydrogens (tertiary/aromatic N) is 1. The summed E-state index contributed by atoms with van der Waals surface area (Å²) in [5.74, 6) is 0.505. The lowest BCUT2D eigenvalue weighted by molar-refractivity contribution is -0.154. The Kier molecular flexibility index (Phi) is 5.06. The zero-order valence-electron chi connectivity index (χ0n) is 12.9. The molecule has 1 saturated heterocycles. The first-order valence-electron chi connectivity index (χ1n) is 8.19. The summed E-state index contributed by atoms with van der Waals surface area (Å²) in [6.07, 6.45) is 9.40. The summed E-state index contributed by atoms with van der Waals surface area (Å²) in [7, 11) is 0. The van der Waals surface area contributed by atoms with Crippen molar-refractivity contribution in [1.29, 1.82) is 0 Å². The summed E-state index contributed by atoms with van der Waals surface area (Å²) in [5, 5.41) is 2.76. The lowest BCUT2D eigenvalue weighted by Gasteiger charge is -2.44. The average molecular weight is 280 g/mol. The molecule has 0 aromatic heterocycles. The van der Waals surface area contributed by atoms with Crippen molar-refractivity contribution in [3.05, 3.63) is 0 Å². The first-order valence-corrected chi connectivity index (χ1v) is 8.19. The second kappa shape index (κ2) is 6.59. The number of unbranched alkanes of at least 4 members (excludes halogenated alkanes) is 5. The van der Waals surface area contributed by atoms with Gasteiger partial charge in [0.05, 0.1) is 6.54 Å². The zero-order chi connectivity index (χ0) is 14.6. The van der Waals surface area contributed by atoms with Gasteiger partial charge in [-0.15, -0.1) is 0 Å². The smallest absolute Gasteiger partial charge is 0.246 e. The average Bonchev–Trinajstić information content (AvgIpc) is 3.26. The van der Waals surface area contributed by atoms with Gasteiger partial charge in [-0.3, -0.25) is 9.59 Å². The number of carbonyl (C=O) groups is 2. The van der Waals surface area contributed by atoms with Crippen LogP contribution in [0.4, 0.5) is 0 Å². The van der Waals surface area contributed by atoms with Gasteiger partial charge in [0.15, 0.2) is 0 Å². The van der Waals surface area contributed by atoms with Crippen molar-refractivity contribution in [3.63, 3.8) is 0 Å². The molecule has 1 saturated carbocycles. The largest absolute Gasteiger partial charge is 0.345 e. The first-order chi connectivity index (χ1) is 9.60. The summed E-state index contributed by atoms with van der Waals surface area (Å²) >= 11 is 0. The maximum absolute atomic E-state index is 12.2. The van der Waals surface area contributed by atoms with Crippen LogP contribution in [0, 0.1) is 5.92 Å². The molecule has 2 rings (SSSR count). The van der Waals surface area contributed by atoms with Crippen LogP contribution in [-0.2, 0) is 9.59 Å². The van der Waals surface area contributed by atoms with Crippen LogP contribution in [0.15, 0.2) is 0 Å². The van der Waals surface area contributed by atoms with Gasteiger partial charge in [0.2, 0.25) is 11.8 Å². The molecule has 0 radical (unpaired) electrons. The topological polar surface area (TPSA) is 49.4 Å². The van der Waals surface area contributed by atoms with Gasteiger partial charge in [-0.05, 0) is 32.1 Å². The van der Waals surface area contributed by atoms with Crippen molar-refractivity contribution in [1.82, 2.24) is 10.2 Å². The molecule has 2 fully saturated rings. The highest BCUT2D eigenvalue weighted by Gasteiger charge is 2.54. The van der Waals surface area contributed by atoms with E-state index in [4.69, 9.17) is 0 Å². The molecule has 1 N–H and O–H groups in total. The molecular weight excluding hydrogens is 252 g/mol. The molecule has 0 aromatic rings. The minimum atomic E-state index is -0.585. The molecule has 4 heteroatoms. The van der Waals surface area contributed by atoms with Crippen molar-refractivity contribution in [2.45, 2.75) is 70.8 Å². The summed E-state index contributed by atoms with van der Waals surface area (Å²) in [4.78, 5) is 26.3. The predicted molar refractivity (Wildman–Crippen MR) is 79.2 cm³/mol. The van der Waals surface area contributed by atoms with Crippen molar-refractivity contribution < 1.29 is 9.59 Å². The van der Waals surface area contributed by atoms with Crippen molar-refractivity contribution in [3.8, 4) is 0 Å². The lowest BCUT2D eigenvalue weighted by Crippen LogP contribution is -2.67. The van der Waals surface area contributed by atoms with Crippen LogP contribution in [-0.4, -0.2) is 35.3 Å². The normalized spacial score (nSPS) is 26.8. The molecular formula is C16H28N2O2. The fraction of sp³-hybridized carbons (Fsp3) is 0.875. The molecule has 0 bridgehead atoms. The van der Waals surface area contributed by atoms with E-state index in [1.807, 2.05) is 11.8 Å². The van der Waals surface area contributed by atoms with E-state index in [-0.39, 0.29) is 18.4 Å². The molecule has 20 heavy (non-hydrogen) atoms. The van der Waals surface area contributed by atoms with E-state index in [1.54, 1.807) is 0 Å². The second-order valence-corrected chi connectivity index (χ2v) is 6.42. The van der Waals surface area contributed by atoms with Crippen LogP contribution in [0.25, 0.3) is 0 Å². The summed E-state index contributed by atoms with van der Waals surface area (Å²) < 4.78 is 0. The van der Waals surface area contributed by atoms with Gasteiger partial charge >= 0.3 is 0 Å². The fourth-order valence-electron chi connectivity index (χ4n) is 3.27. The Labute approximate surface area is 122 Å². The third kappa shape index (κ3) is 3.15. The van der Waals surface area contributed by atoms with E-state index in [0.29, 0.717) is 5.92 Å². The number of amides is 2. The Morgan fingerprint density at radius 2 is 1.80 bits per heavy atom. The lowest BCUT2D eigenvalue weighted by atomic mass is 9.89. The minimum Gasteiger partial charge on any atom is -0.345 e. The highest BCUT2D eigenvalue weighted by molar-refractivity contribution is 5.98. The van der Waals surface area contributed by atoms with Crippen molar-refractivity contribution in [2.75, 3.05) is 13.1 Å². The molecule has 0 spiro atoms. The number of carbonyl (C=O) groups excluding carboxylic acids is 2. The Balaban J connectivity index is 1.86. The number of rotatable bonds is 8. The highest BCUT2D eigenvalue weighted by Crippen LogP contribution is 2.44. The Morgan fingerprint density at radius 1 is 1.15 bits per heavy atom. The Bertz CT molecular complexity index is 365. The number of hydrogen-bond donors (Lipinski definition) is 1. The van der Waals surface area contributed by atoms with Gasteiger partial charge in [-0.1, -0.05) is 39.0 Å². The van der Waals surface area contributed by atoms with Gasteiger partial charge < -0.3 is 10.2 Å². The molecule has 114 valence electrons. The van der Waals surface area contributed by atoms with Gasteiger partial charge in [0.1, 0.15) is 5.54 Å². The molecule has 1 unspecified atom stereocenters. The monoisotopic (exact) mass is 280 g/mol. The van der Waals surface area contributed by atoms with E-state index in [0.717, 1.165) is 32.2 Å². The summed E-state index contributed by atoms with van der Waals surface area (Å²) in [6, 6.07) is 0. The van der Waals surface area contributed by atoms with Crippen LogP contribution in [0.2, 0.25) is 0 Å². The third-order valence-corrected chi connectivity index (χ3v) is 4.83.